The predicted molar refractivity (Wildman–Crippen MR) is 69.3 cm³/mol. The number of carboxylic acid groups (broad SMARTS) is 1. The van der Waals surface area contributed by atoms with Crippen LogP contribution in [-0.2, 0) is 0 Å². The van der Waals surface area contributed by atoms with E-state index in [1.807, 2.05) is 0 Å². The largest absolute Gasteiger partial charge is 0.477 e. The van der Waals surface area contributed by atoms with Crippen molar-refractivity contribution < 1.29 is 23.4 Å². The topological polar surface area (TPSA) is 72.5 Å². The van der Waals surface area contributed by atoms with Crippen molar-refractivity contribution in [2.45, 2.75) is 0 Å². The van der Waals surface area contributed by atoms with E-state index < -0.39 is 28.9 Å². The molecular weight excluding hydrogens is 292 g/mol. The van der Waals surface area contributed by atoms with Gasteiger partial charge in [0.25, 0.3) is 0 Å². The molecule has 0 saturated carbocycles. The van der Waals surface area contributed by atoms with Gasteiger partial charge in [-0.2, -0.15) is 0 Å². The number of rotatable bonds is 3. The summed E-state index contributed by atoms with van der Waals surface area (Å²) in [6, 6.07) is 5.63. The van der Waals surface area contributed by atoms with Crippen LogP contribution < -0.4 is 10.5 Å². The third-order valence-corrected chi connectivity index (χ3v) is 2.79. The number of hydrogen-bond acceptors (Lipinski definition) is 3. The number of aromatic carboxylic acids is 1. The number of nitrogen functional groups attached to an aromatic ring is 1. The number of halogens is 3. The van der Waals surface area contributed by atoms with Crippen LogP contribution in [0.25, 0.3) is 0 Å². The molecule has 104 valence electrons. The smallest absolute Gasteiger partial charge is 0.341 e. The lowest BCUT2D eigenvalue weighted by Crippen LogP contribution is -2.07. The van der Waals surface area contributed by atoms with E-state index >= 15 is 0 Å². The normalized spacial score (nSPS) is 10.3. The Morgan fingerprint density at radius 2 is 1.90 bits per heavy atom. The number of ether oxygens (including phenoxy) is 1. The molecule has 0 aliphatic rings. The van der Waals surface area contributed by atoms with Gasteiger partial charge in [-0.1, -0.05) is 11.6 Å². The van der Waals surface area contributed by atoms with Crippen molar-refractivity contribution in [3.05, 3.63) is 52.6 Å². The third kappa shape index (κ3) is 2.65. The Morgan fingerprint density at radius 1 is 1.20 bits per heavy atom. The number of carboxylic acids is 1. The fourth-order valence-electron chi connectivity index (χ4n) is 1.55. The Bertz CT molecular complexity index is 692. The highest BCUT2D eigenvalue weighted by Gasteiger charge is 2.19. The first-order valence-electron chi connectivity index (χ1n) is 5.34. The van der Waals surface area contributed by atoms with E-state index in [0.29, 0.717) is 0 Å². The monoisotopic (exact) mass is 299 g/mol. The highest BCUT2D eigenvalue weighted by molar-refractivity contribution is 6.30. The van der Waals surface area contributed by atoms with Gasteiger partial charge < -0.3 is 15.6 Å². The van der Waals surface area contributed by atoms with E-state index in [1.54, 1.807) is 0 Å². The van der Waals surface area contributed by atoms with Gasteiger partial charge in [0.2, 0.25) is 0 Å². The minimum Gasteiger partial charge on any atom is -0.477 e. The van der Waals surface area contributed by atoms with Crippen molar-refractivity contribution in [1.82, 2.24) is 0 Å². The van der Waals surface area contributed by atoms with Crippen LogP contribution in [0.15, 0.2) is 30.3 Å². The Kier molecular flexibility index (Phi) is 3.76. The summed E-state index contributed by atoms with van der Waals surface area (Å²) in [4.78, 5) is 11.1. The second-order valence-corrected chi connectivity index (χ2v) is 4.22. The highest BCUT2D eigenvalue weighted by atomic mass is 35.5. The molecule has 0 heterocycles. The van der Waals surface area contributed by atoms with Gasteiger partial charge in [-0.05, 0) is 24.3 Å². The molecule has 3 N–H and O–H groups in total. The molecule has 0 aromatic heterocycles. The predicted octanol–water partition coefficient (Wildman–Crippen LogP) is 3.69. The molecule has 0 aliphatic heterocycles. The second-order valence-electron chi connectivity index (χ2n) is 3.82. The maximum absolute atomic E-state index is 13.3. The van der Waals surface area contributed by atoms with Gasteiger partial charge in [0.1, 0.15) is 28.7 Å². The van der Waals surface area contributed by atoms with Crippen molar-refractivity contribution in [2.75, 3.05) is 5.73 Å². The van der Waals surface area contributed by atoms with Crippen LogP contribution >= 0.6 is 11.6 Å². The van der Waals surface area contributed by atoms with Gasteiger partial charge in [-0.25, -0.2) is 13.6 Å². The van der Waals surface area contributed by atoms with Crippen molar-refractivity contribution in [1.29, 1.82) is 0 Å². The summed E-state index contributed by atoms with van der Waals surface area (Å²) in [5.74, 6) is -3.24. The summed E-state index contributed by atoms with van der Waals surface area (Å²) in [6.07, 6.45) is 0. The standard InChI is InChI=1S/C13H8ClF2NO3/c14-7-2-1-6(5-9(7)16)20-10-4-3-8(15)12(17)11(10)13(18)19/h1-5H,17H2,(H,18,19). The van der Waals surface area contributed by atoms with Gasteiger partial charge >= 0.3 is 5.97 Å². The summed E-state index contributed by atoms with van der Waals surface area (Å²) < 4.78 is 31.7. The van der Waals surface area contributed by atoms with Crippen LogP contribution in [0.3, 0.4) is 0 Å². The molecule has 2 aromatic carbocycles. The zero-order valence-corrected chi connectivity index (χ0v) is 10.6. The zero-order chi connectivity index (χ0) is 14.9. The Labute approximate surface area is 117 Å². The third-order valence-electron chi connectivity index (χ3n) is 2.49. The SMILES string of the molecule is Nc1c(F)ccc(Oc2ccc(Cl)c(F)c2)c1C(=O)O. The van der Waals surface area contributed by atoms with E-state index in [0.717, 1.165) is 18.2 Å². The maximum atomic E-state index is 13.3. The number of benzene rings is 2. The minimum atomic E-state index is -1.45. The van der Waals surface area contributed by atoms with Gasteiger partial charge in [-0.3, -0.25) is 0 Å². The molecule has 0 aliphatic carbocycles. The molecule has 2 rings (SSSR count). The first-order chi connectivity index (χ1) is 9.40. The van der Waals surface area contributed by atoms with Gasteiger partial charge in [0, 0.05) is 6.07 Å². The Morgan fingerprint density at radius 3 is 2.50 bits per heavy atom. The van der Waals surface area contributed by atoms with Gasteiger partial charge in [0.15, 0.2) is 0 Å². The van der Waals surface area contributed by atoms with Crippen LogP contribution in [-0.4, -0.2) is 11.1 Å². The molecule has 0 spiro atoms. The summed E-state index contributed by atoms with van der Waals surface area (Å²) in [6.45, 7) is 0. The first kappa shape index (κ1) is 14.1. The highest BCUT2D eigenvalue weighted by Crippen LogP contribution is 2.32. The molecule has 20 heavy (non-hydrogen) atoms. The average molecular weight is 300 g/mol. The van der Waals surface area contributed by atoms with E-state index in [9.17, 15) is 13.6 Å². The fraction of sp³-hybridized carbons (Fsp3) is 0. The second kappa shape index (κ2) is 5.34. The fourth-order valence-corrected chi connectivity index (χ4v) is 1.66. The van der Waals surface area contributed by atoms with Crippen LogP contribution in [0, 0.1) is 11.6 Å². The van der Waals surface area contributed by atoms with E-state index in [4.69, 9.17) is 27.2 Å². The molecular formula is C13H8ClF2NO3. The average Bonchev–Trinajstić information content (AvgIpc) is 2.38. The van der Waals surface area contributed by atoms with Crippen molar-refractivity contribution in [3.63, 3.8) is 0 Å². The summed E-state index contributed by atoms with van der Waals surface area (Å²) in [5.41, 5.74) is 4.28. The van der Waals surface area contributed by atoms with E-state index in [1.165, 1.54) is 12.1 Å². The van der Waals surface area contributed by atoms with E-state index in [2.05, 4.69) is 0 Å². The molecule has 0 atom stereocenters. The van der Waals surface area contributed by atoms with Crippen LogP contribution in [0.2, 0.25) is 5.02 Å². The van der Waals surface area contributed by atoms with Gasteiger partial charge in [0.05, 0.1) is 10.7 Å². The molecule has 0 amide bonds. The number of anilines is 1. The number of hydrogen-bond donors (Lipinski definition) is 2. The first-order valence-corrected chi connectivity index (χ1v) is 5.72. The quantitative estimate of drug-likeness (QED) is 0.848. The summed E-state index contributed by atoms with van der Waals surface area (Å²) in [7, 11) is 0. The van der Waals surface area contributed by atoms with Crippen LogP contribution in [0.5, 0.6) is 11.5 Å². The summed E-state index contributed by atoms with van der Waals surface area (Å²) >= 11 is 5.52. The minimum absolute atomic E-state index is 0.0143. The van der Waals surface area contributed by atoms with Crippen molar-refractivity contribution in [2.24, 2.45) is 0 Å². The lowest BCUT2D eigenvalue weighted by atomic mass is 10.1. The zero-order valence-electron chi connectivity index (χ0n) is 9.86. The molecule has 0 fully saturated rings. The van der Waals surface area contributed by atoms with E-state index in [-0.39, 0.29) is 16.5 Å². The molecule has 0 saturated heterocycles. The maximum Gasteiger partial charge on any atom is 0.341 e. The van der Waals surface area contributed by atoms with Crippen LogP contribution in [0.4, 0.5) is 14.5 Å². The van der Waals surface area contributed by atoms with Crippen molar-refractivity contribution >= 4 is 23.3 Å². The lowest BCUT2D eigenvalue weighted by molar-refractivity contribution is 0.0695. The number of carbonyl (C=O) groups is 1. The molecule has 0 unspecified atom stereocenters. The molecule has 0 bridgehead atoms. The molecule has 2 aromatic rings. The molecule has 7 heteroatoms. The van der Waals surface area contributed by atoms with Gasteiger partial charge in [-0.15, -0.1) is 0 Å². The van der Waals surface area contributed by atoms with Crippen molar-refractivity contribution in [3.8, 4) is 11.5 Å². The molecule has 4 nitrogen and oxygen atoms in total. The molecule has 0 radical (unpaired) electrons. The Balaban J connectivity index is 2.45. The van der Waals surface area contributed by atoms with Crippen LogP contribution in [0.1, 0.15) is 10.4 Å². The lowest BCUT2D eigenvalue weighted by Gasteiger charge is -2.11. The summed E-state index contributed by atoms with van der Waals surface area (Å²) in [5, 5.41) is 8.92. The number of nitrogens with two attached hydrogens (primary N) is 1. The Hall–Kier alpha value is -2.34.